The van der Waals surface area contributed by atoms with E-state index in [9.17, 15) is 22.8 Å². The Kier molecular flexibility index (Phi) is 5.23. The molecule has 1 aliphatic heterocycles. The van der Waals surface area contributed by atoms with Gasteiger partial charge in [0.2, 0.25) is 16.0 Å². The zero-order valence-electron chi connectivity index (χ0n) is 13.3. The van der Waals surface area contributed by atoms with Gasteiger partial charge in [0.1, 0.15) is 0 Å². The molecule has 3 rings (SSSR count). The largest absolute Gasteiger partial charge is 0.459 e. The molecule has 0 radical (unpaired) electrons. The van der Waals surface area contributed by atoms with E-state index >= 15 is 0 Å². The first-order valence-electron chi connectivity index (χ1n) is 7.58. The number of halogens is 3. The van der Waals surface area contributed by atoms with Gasteiger partial charge in [-0.1, -0.05) is 11.3 Å². The Hall–Kier alpha value is -2.47. The number of hydrogen-bond acceptors (Lipinski definition) is 7. The maximum Gasteiger partial charge on any atom is 0.445 e. The summed E-state index contributed by atoms with van der Waals surface area (Å²) < 4.78 is 42.5. The third-order valence-corrected chi connectivity index (χ3v) is 4.56. The molecule has 140 valence electrons. The van der Waals surface area contributed by atoms with Gasteiger partial charge in [-0.2, -0.15) is 13.2 Å². The average molecular weight is 389 g/mol. The summed E-state index contributed by atoms with van der Waals surface area (Å²) in [6.45, 7) is 1.75. The number of aromatic nitrogens is 2. The summed E-state index contributed by atoms with van der Waals surface area (Å²) in [6.07, 6.45) is -3.16. The molecule has 8 nitrogen and oxygen atoms in total. The number of furan rings is 1. The number of carbonyl (C=O) groups excluding carboxylic acids is 2. The second-order valence-corrected chi connectivity index (χ2v) is 6.48. The monoisotopic (exact) mass is 389 g/mol. The van der Waals surface area contributed by atoms with E-state index in [1.165, 1.54) is 6.26 Å². The Balaban J connectivity index is 1.46. The molecule has 2 amide bonds. The van der Waals surface area contributed by atoms with Crippen LogP contribution in [-0.2, 0) is 11.0 Å². The molecule has 1 saturated heterocycles. The smallest absolute Gasteiger partial charge is 0.445 e. The van der Waals surface area contributed by atoms with Crippen LogP contribution in [0.1, 0.15) is 15.6 Å². The Labute approximate surface area is 149 Å². The van der Waals surface area contributed by atoms with Gasteiger partial charge in [-0.15, -0.1) is 10.2 Å². The van der Waals surface area contributed by atoms with E-state index in [0.717, 1.165) is 0 Å². The molecule has 1 aliphatic rings. The summed E-state index contributed by atoms with van der Waals surface area (Å²) in [7, 11) is 0. The average Bonchev–Trinajstić information content (AvgIpc) is 3.26. The molecular formula is C14H14F3N5O3S. The van der Waals surface area contributed by atoms with Crippen LogP contribution in [0.15, 0.2) is 22.8 Å². The third-order valence-electron chi connectivity index (χ3n) is 3.67. The maximum absolute atomic E-state index is 12.5. The van der Waals surface area contributed by atoms with Gasteiger partial charge in [0.05, 0.1) is 12.8 Å². The number of rotatable bonds is 4. The van der Waals surface area contributed by atoms with Gasteiger partial charge in [-0.05, 0) is 12.1 Å². The van der Waals surface area contributed by atoms with Crippen molar-refractivity contribution in [3.05, 3.63) is 29.2 Å². The number of amides is 2. The lowest BCUT2D eigenvalue weighted by Crippen LogP contribution is -2.50. The predicted octanol–water partition coefficient (Wildman–Crippen LogP) is 1.55. The van der Waals surface area contributed by atoms with Crippen molar-refractivity contribution >= 4 is 28.3 Å². The molecule has 0 saturated carbocycles. The van der Waals surface area contributed by atoms with Gasteiger partial charge >= 0.3 is 6.18 Å². The minimum absolute atomic E-state index is 0.0102. The molecular weight excluding hydrogens is 375 g/mol. The van der Waals surface area contributed by atoms with Crippen LogP contribution in [0.3, 0.4) is 0 Å². The molecule has 1 fully saturated rings. The second kappa shape index (κ2) is 7.41. The molecule has 12 heteroatoms. The number of hydrogen-bond donors (Lipinski definition) is 1. The van der Waals surface area contributed by atoms with Crippen LogP contribution in [0, 0.1) is 0 Å². The van der Waals surface area contributed by atoms with E-state index in [2.05, 4.69) is 15.5 Å². The highest BCUT2D eigenvalue weighted by Crippen LogP contribution is 2.32. The van der Waals surface area contributed by atoms with E-state index in [-0.39, 0.29) is 34.7 Å². The van der Waals surface area contributed by atoms with Crippen LogP contribution in [0.4, 0.5) is 18.3 Å². The molecule has 0 aliphatic carbocycles. The van der Waals surface area contributed by atoms with Crippen LogP contribution >= 0.6 is 11.3 Å². The van der Waals surface area contributed by atoms with E-state index in [1.54, 1.807) is 21.9 Å². The van der Waals surface area contributed by atoms with Gasteiger partial charge in [-0.3, -0.25) is 19.8 Å². The van der Waals surface area contributed by atoms with Gasteiger partial charge in [-0.25, -0.2) is 0 Å². The van der Waals surface area contributed by atoms with Crippen molar-refractivity contribution in [2.45, 2.75) is 6.18 Å². The first kappa shape index (κ1) is 18.3. The molecule has 0 atom stereocenters. The molecule has 2 aromatic rings. The summed E-state index contributed by atoms with van der Waals surface area (Å²) in [5.74, 6) is -0.443. The zero-order valence-corrected chi connectivity index (χ0v) is 14.1. The van der Waals surface area contributed by atoms with Crippen molar-refractivity contribution in [1.29, 1.82) is 0 Å². The molecule has 0 spiro atoms. The summed E-state index contributed by atoms with van der Waals surface area (Å²) >= 11 is 0.272. The molecule has 3 heterocycles. The number of nitrogens with zero attached hydrogens (tertiary/aromatic N) is 4. The number of anilines is 1. The maximum atomic E-state index is 12.5. The highest BCUT2D eigenvalue weighted by molar-refractivity contribution is 7.15. The van der Waals surface area contributed by atoms with Crippen LogP contribution in [0.2, 0.25) is 0 Å². The SMILES string of the molecule is O=C(CN1CCN(C(=O)c2ccco2)CC1)Nc1nnc(C(F)(F)F)s1. The molecule has 2 aromatic heterocycles. The van der Waals surface area contributed by atoms with Gasteiger partial charge < -0.3 is 9.32 Å². The lowest BCUT2D eigenvalue weighted by molar-refractivity contribution is -0.138. The van der Waals surface area contributed by atoms with Crippen molar-refractivity contribution in [2.24, 2.45) is 0 Å². The fourth-order valence-electron chi connectivity index (χ4n) is 2.42. The normalized spacial score (nSPS) is 15.9. The summed E-state index contributed by atoms with van der Waals surface area (Å²) in [6, 6.07) is 3.21. The third kappa shape index (κ3) is 4.38. The number of piperazine rings is 1. The topological polar surface area (TPSA) is 91.6 Å². The fraction of sp³-hybridized carbons (Fsp3) is 0.429. The molecule has 0 unspecified atom stereocenters. The van der Waals surface area contributed by atoms with Crippen molar-refractivity contribution in [2.75, 3.05) is 38.0 Å². The molecule has 1 N–H and O–H groups in total. The van der Waals surface area contributed by atoms with E-state index in [1.807, 2.05) is 0 Å². The second-order valence-electron chi connectivity index (χ2n) is 5.50. The van der Waals surface area contributed by atoms with Crippen molar-refractivity contribution in [3.63, 3.8) is 0 Å². The Morgan fingerprint density at radius 3 is 2.54 bits per heavy atom. The van der Waals surface area contributed by atoms with E-state index in [0.29, 0.717) is 26.2 Å². The summed E-state index contributed by atoms with van der Waals surface area (Å²) in [4.78, 5) is 27.5. The Morgan fingerprint density at radius 2 is 1.96 bits per heavy atom. The van der Waals surface area contributed by atoms with E-state index < -0.39 is 17.1 Å². The Morgan fingerprint density at radius 1 is 1.23 bits per heavy atom. The Bertz CT molecular complexity index is 769. The first-order chi connectivity index (χ1) is 12.3. The minimum Gasteiger partial charge on any atom is -0.459 e. The predicted molar refractivity (Wildman–Crippen MR) is 84.6 cm³/mol. The zero-order chi connectivity index (χ0) is 18.7. The van der Waals surface area contributed by atoms with Crippen LogP contribution < -0.4 is 5.32 Å². The quantitative estimate of drug-likeness (QED) is 0.853. The van der Waals surface area contributed by atoms with Gasteiger partial charge in [0.25, 0.3) is 5.91 Å². The van der Waals surface area contributed by atoms with Crippen molar-refractivity contribution in [3.8, 4) is 0 Å². The van der Waals surface area contributed by atoms with Gasteiger partial charge in [0, 0.05) is 26.2 Å². The molecule has 26 heavy (non-hydrogen) atoms. The fourth-order valence-corrected chi connectivity index (χ4v) is 3.04. The van der Waals surface area contributed by atoms with E-state index in [4.69, 9.17) is 4.42 Å². The lowest BCUT2D eigenvalue weighted by atomic mass is 10.3. The first-order valence-corrected chi connectivity index (χ1v) is 8.40. The van der Waals surface area contributed by atoms with Crippen LogP contribution in [0.25, 0.3) is 0 Å². The van der Waals surface area contributed by atoms with Crippen molar-refractivity contribution in [1.82, 2.24) is 20.0 Å². The van der Waals surface area contributed by atoms with Crippen molar-refractivity contribution < 1.29 is 27.2 Å². The number of carbonyl (C=O) groups is 2. The van der Waals surface area contributed by atoms with Gasteiger partial charge in [0.15, 0.2) is 5.76 Å². The highest BCUT2D eigenvalue weighted by Gasteiger charge is 2.36. The molecule has 0 bridgehead atoms. The van der Waals surface area contributed by atoms with Crippen LogP contribution in [-0.4, -0.2) is 64.5 Å². The summed E-state index contributed by atoms with van der Waals surface area (Å²) in [5, 5.41) is 7.31. The minimum atomic E-state index is -4.59. The number of nitrogens with one attached hydrogen (secondary N) is 1. The number of alkyl halides is 3. The lowest BCUT2D eigenvalue weighted by Gasteiger charge is -2.33. The van der Waals surface area contributed by atoms with Crippen LogP contribution in [0.5, 0.6) is 0 Å². The summed E-state index contributed by atoms with van der Waals surface area (Å²) in [5.41, 5.74) is 0. The standard InChI is InChI=1S/C14H14F3N5O3S/c15-14(16,17)12-19-20-13(26-12)18-10(23)8-21-3-5-22(6-4-21)11(24)9-2-1-7-25-9/h1-2,7H,3-6,8H2,(H,18,20,23). The highest BCUT2D eigenvalue weighted by atomic mass is 32.1. The molecule has 0 aromatic carbocycles.